The van der Waals surface area contributed by atoms with Crippen LogP contribution in [0.2, 0.25) is 0 Å². The van der Waals surface area contributed by atoms with E-state index >= 15 is 0 Å². The van der Waals surface area contributed by atoms with Gasteiger partial charge in [0.2, 0.25) is 0 Å². The Morgan fingerprint density at radius 2 is 1.43 bits per heavy atom. The second-order valence-electron chi connectivity index (χ2n) is 8.12. The average Bonchev–Trinajstić information content (AvgIpc) is 2.45. The lowest BCUT2D eigenvalue weighted by Crippen LogP contribution is -2.17. The fraction of sp³-hybridized carbons (Fsp3) is 0.429. The molecular formula is C21H28OS. The number of rotatable bonds is 2. The molecule has 0 aliphatic rings. The maximum atomic E-state index is 11.0. The highest BCUT2D eigenvalue weighted by Gasteiger charge is 2.25. The molecule has 0 bridgehead atoms. The molecule has 0 spiro atoms. The van der Waals surface area contributed by atoms with Crippen LogP contribution in [0, 0.1) is 0 Å². The van der Waals surface area contributed by atoms with Gasteiger partial charge in [-0.25, -0.2) is 0 Å². The highest BCUT2D eigenvalue weighted by atomic mass is 32.2. The Labute approximate surface area is 145 Å². The van der Waals surface area contributed by atoms with Gasteiger partial charge in [0.1, 0.15) is 5.75 Å². The number of phenolic OH excluding ortho intramolecular Hbond substituents is 1. The summed E-state index contributed by atoms with van der Waals surface area (Å²) in [7, 11) is 0. The molecule has 0 heterocycles. The van der Waals surface area contributed by atoms with Crippen molar-refractivity contribution in [3.63, 3.8) is 0 Å². The van der Waals surface area contributed by atoms with Crippen molar-refractivity contribution in [1.29, 1.82) is 0 Å². The first-order chi connectivity index (χ1) is 10.6. The van der Waals surface area contributed by atoms with Crippen LogP contribution in [0.25, 0.3) is 11.1 Å². The van der Waals surface area contributed by atoms with Crippen LogP contribution >= 0.6 is 11.8 Å². The maximum Gasteiger partial charge on any atom is 0.127 e. The van der Waals surface area contributed by atoms with Gasteiger partial charge in [-0.1, -0.05) is 65.8 Å². The first-order valence-electron chi connectivity index (χ1n) is 8.07. The summed E-state index contributed by atoms with van der Waals surface area (Å²) in [5.41, 5.74) is 4.24. The second kappa shape index (κ2) is 6.24. The Kier molecular flexibility index (Phi) is 4.86. The van der Waals surface area contributed by atoms with Crippen LogP contribution in [0.3, 0.4) is 0 Å². The van der Waals surface area contributed by atoms with Crippen LogP contribution in [0.1, 0.15) is 52.7 Å². The van der Waals surface area contributed by atoms with Gasteiger partial charge in [0.05, 0.1) is 0 Å². The van der Waals surface area contributed by atoms with E-state index in [1.54, 1.807) is 11.8 Å². The van der Waals surface area contributed by atoms with E-state index < -0.39 is 0 Å². The monoisotopic (exact) mass is 328 g/mol. The van der Waals surface area contributed by atoms with Gasteiger partial charge in [-0.05, 0) is 40.3 Å². The predicted octanol–water partition coefficient (Wildman–Crippen LogP) is 6.38. The summed E-state index contributed by atoms with van der Waals surface area (Å²) in [6.45, 7) is 13.1. The van der Waals surface area contributed by atoms with Crippen molar-refractivity contribution in [1.82, 2.24) is 0 Å². The fourth-order valence-electron chi connectivity index (χ4n) is 2.71. The third-order valence-electron chi connectivity index (χ3n) is 4.18. The van der Waals surface area contributed by atoms with Gasteiger partial charge in [-0.2, -0.15) is 0 Å². The summed E-state index contributed by atoms with van der Waals surface area (Å²) in [4.78, 5) is 1.19. The lowest BCUT2D eigenvalue weighted by Gasteiger charge is -2.28. The van der Waals surface area contributed by atoms with E-state index in [4.69, 9.17) is 0 Å². The molecule has 23 heavy (non-hydrogen) atoms. The maximum absolute atomic E-state index is 11.0. The Morgan fingerprint density at radius 3 is 1.96 bits per heavy atom. The molecule has 1 N–H and O–H groups in total. The Bertz CT molecular complexity index is 703. The molecule has 2 aromatic rings. The van der Waals surface area contributed by atoms with Crippen molar-refractivity contribution in [2.75, 3.05) is 6.26 Å². The van der Waals surface area contributed by atoms with Crippen molar-refractivity contribution in [3.8, 4) is 16.9 Å². The lowest BCUT2D eigenvalue weighted by atomic mass is 9.78. The molecule has 0 unspecified atom stereocenters. The fourth-order valence-corrected chi connectivity index (χ4v) is 3.32. The molecule has 2 aromatic carbocycles. The normalized spacial score (nSPS) is 12.5. The van der Waals surface area contributed by atoms with Gasteiger partial charge in [0.15, 0.2) is 0 Å². The number of thioether (sulfide) groups is 1. The first kappa shape index (κ1) is 17.9. The Hall–Kier alpha value is -1.41. The van der Waals surface area contributed by atoms with Crippen LogP contribution in [0.15, 0.2) is 41.3 Å². The SMILES string of the molecule is CSc1ccccc1-c1cc(C(C)(C)C)cc(C(C)(C)C)c1O. The van der Waals surface area contributed by atoms with E-state index in [0.29, 0.717) is 5.75 Å². The summed E-state index contributed by atoms with van der Waals surface area (Å²) in [6, 6.07) is 12.6. The van der Waals surface area contributed by atoms with Gasteiger partial charge in [0, 0.05) is 16.0 Å². The van der Waals surface area contributed by atoms with E-state index in [1.807, 2.05) is 12.1 Å². The molecule has 2 heteroatoms. The molecule has 0 radical (unpaired) electrons. The summed E-state index contributed by atoms with van der Waals surface area (Å²) in [6.07, 6.45) is 2.08. The van der Waals surface area contributed by atoms with E-state index in [1.165, 1.54) is 10.5 Å². The van der Waals surface area contributed by atoms with Crippen LogP contribution in [0.5, 0.6) is 5.75 Å². The van der Waals surface area contributed by atoms with Crippen molar-refractivity contribution in [2.45, 2.75) is 57.3 Å². The van der Waals surface area contributed by atoms with Crippen molar-refractivity contribution >= 4 is 11.8 Å². The van der Waals surface area contributed by atoms with Gasteiger partial charge >= 0.3 is 0 Å². The zero-order chi connectivity index (χ0) is 17.4. The van der Waals surface area contributed by atoms with E-state index in [0.717, 1.165) is 16.7 Å². The van der Waals surface area contributed by atoms with E-state index in [2.05, 4.69) is 72.1 Å². The number of benzene rings is 2. The molecule has 0 aliphatic carbocycles. The van der Waals surface area contributed by atoms with Gasteiger partial charge in [-0.3, -0.25) is 0 Å². The molecule has 0 saturated carbocycles. The molecule has 0 atom stereocenters. The molecule has 124 valence electrons. The van der Waals surface area contributed by atoms with Crippen LogP contribution < -0.4 is 0 Å². The van der Waals surface area contributed by atoms with Crippen molar-refractivity contribution in [2.24, 2.45) is 0 Å². The van der Waals surface area contributed by atoms with Gasteiger partial charge < -0.3 is 5.11 Å². The van der Waals surface area contributed by atoms with Crippen LogP contribution in [-0.4, -0.2) is 11.4 Å². The van der Waals surface area contributed by atoms with Crippen molar-refractivity contribution in [3.05, 3.63) is 47.5 Å². The minimum Gasteiger partial charge on any atom is -0.507 e. The first-order valence-corrected chi connectivity index (χ1v) is 9.29. The molecule has 1 nitrogen and oxygen atoms in total. The smallest absolute Gasteiger partial charge is 0.127 e. The number of hydrogen-bond donors (Lipinski definition) is 1. The number of phenols is 1. The number of hydrogen-bond acceptors (Lipinski definition) is 2. The molecule has 0 saturated heterocycles. The quantitative estimate of drug-likeness (QED) is 0.646. The molecule has 0 aromatic heterocycles. The van der Waals surface area contributed by atoms with E-state index in [-0.39, 0.29) is 10.8 Å². The summed E-state index contributed by atoms with van der Waals surface area (Å²) in [5.74, 6) is 0.409. The highest BCUT2D eigenvalue weighted by molar-refractivity contribution is 7.98. The Morgan fingerprint density at radius 1 is 0.826 bits per heavy atom. The lowest BCUT2D eigenvalue weighted by molar-refractivity contribution is 0.446. The van der Waals surface area contributed by atoms with Crippen LogP contribution in [0.4, 0.5) is 0 Å². The predicted molar refractivity (Wildman–Crippen MR) is 103 cm³/mol. The van der Waals surface area contributed by atoms with Crippen LogP contribution in [-0.2, 0) is 10.8 Å². The summed E-state index contributed by atoms with van der Waals surface area (Å²) in [5, 5.41) is 11.0. The average molecular weight is 329 g/mol. The number of aromatic hydroxyl groups is 1. The third kappa shape index (κ3) is 3.74. The van der Waals surface area contributed by atoms with E-state index in [9.17, 15) is 5.11 Å². The zero-order valence-electron chi connectivity index (χ0n) is 15.3. The van der Waals surface area contributed by atoms with Gasteiger partial charge in [-0.15, -0.1) is 11.8 Å². The molecular weight excluding hydrogens is 300 g/mol. The van der Waals surface area contributed by atoms with Gasteiger partial charge in [0.25, 0.3) is 0 Å². The standard InChI is InChI=1S/C21H28OS/c1-20(2,3)14-12-16(15-10-8-9-11-18(15)23-7)19(22)17(13-14)21(4,5)6/h8-13,22H,1-7H3. The summed E-state index contributed by atoms with van der Waals surface area (Å²) >= 11 is 1.71. The Balaban J connectivity index is 2.82. The minimum atomic E-state index is -0.103. The zero-order valence-corrected chi connectivity index (χ0v) is 16.1. The highest BCUT2D eigenvalue weighted by Crippen LogP contribution is 2.44. The molecule has 0 aliphatic heterocycles. The topological polar surface area (TPSA) is 20.2 Å². The van der Waals surface area contributed by atoms with Crippen molar-refractivity contribution < 1.29 is 5.11 Å². The third-order valence-corrected chi connectivity index (χ3v) is 4.98. The summed E-state index contributed by atoms with van der Waals surface area (Å²) < 4.78 is 0. The second-order valence-corrected chi connectivity index (χ2v) is 8.97. The molecule has 0 fully saturated rings. The molecule has 0 amide bonds. The largest absolute Gasteiger partial charge is 0.507 e. The molecule has 2 rings (SSSR count). The minimum absolute atomic E-state index is 0.0384.